The molecule has 0 amide bonds. The first-order valence-corrected chi connectivity index (χ1v) is 5.93. The first-order valence-electron chi connectivity index (χ1n) is 5.93. The van der Waals surface area contributed by atoms with E-state index in [0.29, 0.717) is 0 Å². The highest BCUT2D eigenvalue weighted by Gasteiger charge is 2.44. The van der Waals surface area contributed by atoms with Gasteiger partial charge in [0.15, 0.2) is 6.17 Å². The summed E-state index contributed by atoms with van der Waals surface area (Å²) in [6.45, 7) is 5.83. The fraction of sp³-hybridized carbons (Fsp3) is 0.833. The lowest BCUT2D eigenvalue weighted by Gasteiger charge is -2.40. The summed E-state index contributed by atoms with van der Waals surface area (Å²) in [4.78, 5) is 21.7. The van der Waals surface area contributed by atoms with Crippen LogP contribution in [-0.4, -0.2) is 43.0 Å². The lowest BCUT2D eigenvalue weighted by Crippen LogP contribution is -2.53. The summed E-state index contributed by atoms with van der Waals surface area (Å²) >= 11 is 0. The molecule has 1 fully saturated rings. The Labute approximate surface area is 106 Å². The molecule has 0 radical (unpaired) electrons. The minimum atomic E-state index is -1.50. The third-order valence-electron chi connectivity index (χ3n) is 3.07. The standard InChI is InChI=1S/C12H19FO5/c1-6-7(2)17-10(5-16-8(3)14)11(13)12(6)18-9(4)15/h6-7,10-12H,5H2,1-4H3/t6-,7?,10?,11+,12?/m1/s1. The summed E-state index contributed by atoms with van der Waals surface area (Å²) in [6, 6.07) is 0. The van der Waals surface area contributed by atoms with Crippen molar-refractivity contribution in [3.63, 3.8) is 0 Å². The Morgan fingerprint density at radius 1 is 1.22 bits per heavy atom. The van der Waals surface area contributed by atoms with Gasteiger partial charge in [-0.05, 0) is 6.92 Å². The van der Waals surface area contributed by atoms with Crippen LogP contribution < -0.4 is 0 Å². The summed E-state index contributed by atoms with van der Waals surface area (Å²) in [6.07, 6.45) is -3.54. The van der Waals surface area contributed by atoms with Crippen molar-refractivity contribution >= 4 is 11.9 Å². The Morgan fingerprint density at radius 2 is 1.83 bits per heavy atom. The predicted molar refractivity (Wildman–Crippen MR) is 60.6 cm³/mol. The minimum absolute atomic E-state index is 0.175. The zero-order valence-corrected chi connectivity index (χ0v) is 11.0. The van der Waals surface area contributed by atoms with Gasteiger partial charge >= 0.3 is 11.9 Å². The number of carbonyl (C=O) groups is 2. The van der Waals surface area contributed by atoms with Gasteiger partial charge in [-0.1, -0.05) is 6.92 Å². The Kier molecular flexibility index (Phi) is 5.07. The molecule has 3 unspecified atom stereocenters. The zero-order valence-electron chi connectivity index (χ0n) is 11.0. The van der Waals surface area contributed by atoms with Crippen LogP contribution in [0.1, 0.15) is 27.7 Å². The Bertz CT molecular complexity index is 320. The summed E-state index contributed by atoms with van der Waals surface area (Å²) in [7, 11) is 0. The molecule has 0 aromatic heterocycles. The smallest absolute Gasteiger partial charge is 0.303 e. The second kappa shape index (κ2) is 6.13. The van der Waals surface area contributed by atoms with Gasteiger partial charge in [0.2, 0.25) is 0 Å². The average Bonchev–Trinajstić information content (AvgIpc) is 2.27. The highest BCUT2D eigenvalue weighted by molar-refractivity contribution is 5.66. The summed E-state index contributed by atoms with van der Waals surface area (Å²) in [5.74, 6) is -1.28. The molecule has 6 heteroatoms. The van der Waals surface area contributed by atoms with Gasteiger partial charge in [0.25, 0.3) is 0 Å². The SMILES string of the molecule is CC(=O)OCC1OC(C)[C@@H](C)C(OC(C)=O)[C@H]1F. The summed E-state index contributed by atoms with van der Waals surface area (Å²) in [5, 5.41) is 0. The molecule has 1 aliphatic rings. The monoisotopic (exact) mass is 262 g/mol. The number of ether oxygens (including phenoxy) is 3. The van der Waals surface area contributed by atoms with Crippen LogP contribution in [0.25, 0.3) is 0 Å². The van der Waals surface area contributed by atoms with Crippen molar-refractivity contribution < 1.29 is 28.2 Å². The third-order valence-corrected chi connectivity index (χ3v) is 3.07. The molecule has 0 aliphatic carbocycles. The van der Waals surface area contributed by atoms with E-state index < -0.39 is 30.3 Å². The number of rotatable bonds is 3. The molecule has 1 heterocycles. The second-order valence-electron chi connectivity index (χ2n) is 4.56. The van der Waals surface area contributed by atoms with E-state index in [1.54, 1.807) is 13.8 Å². The maximum atomic E-state index is 14.2. The molecule has 0 N–H and O–H groups in total. The minimum Gasteiger partial charge on any atom is -0.463 e. The highest BCUT2D eigenvalue weighted by atomic mass is 19.1. The van der Waals surface area contributed by atoms with Crippen LogP contribution in [-0.2, 0) is 23.8 Å². The molecule has 18 heavy (non-hydrogen) atoms. The number of hydrogen-bond acceptors (Lipinski definition) is 5. The van der Waals surface area contributed by atoms with Crippen LogP contribution >= 0.6 is 0 Å². The molecule has 0 saturated carbocycles. The average molecular weight is 262 g/mol. The van der Waals surface area contributed by atoms with Gasteiger partial charge in [-0.15, -0.1) is 0 Å². The van der Waals surface area contributed by atoms with Gasteiger partial charge in [-0.2, -0.15) is 0 Å². The first-order chi connectivity index (χ1) is 8.32. The van der Waals surface area contributed by atoms with Crippen molar-refractivity contribution in [2.45, 2.75) is 52.2 Å². The maximum absolute atomic E-state index is 14.2. The van der Waals surface area contributed by atoms with Gasteiger partial charge in [0.1, 0.15) is 18.8 Å². The number of halogens is 1. The summed E-state index contributed by atoms with van der Waals surface area (Å²) < 4.78 is 29.3. The number of alkyl halides is 1. The van der Waals surface area contributed by atoms with Crippen molar-refractivity contribution in [1.29, 1.82) is 0 Å². The summed E-state index contributed by atoms with van der Waals surface area (Å²) in [5.41, 5.74) is 0. The van der Waals surface area contributed by atoms with Crippen LogP contribution in [0.2, 0.25) is 0 Å². The molecule has 104 valence electrons. The van der Waals surface area contributed by atoms with Crippen molar-refractivity contribution in [3.05, 3.63) is 0 Å². The molecule has 5 atom stereocenters. The molecule has 0 bridgehead atoms. The molecule has 1 aliphatic heterocycles. The maximum Gasteiger partial charge on any atom is 0.303 e. The van der Waals surface area contributed by atoms with E-state index in [1.807, 2.05) is 0 Å². The Hall–Kier alpha value is -1.17. The predicted octanol–water partition coefficient (Wildman–Crippen LogP) is 1.24. The van der Waals surface area contributed by atoms with E-state index in [-0.39, 0.29) is 18.6 Å². The molecule has 0 aromatic rings. The lowest BCUT2D eigenvalue weighted by atomic mass is 9.89. The largest absolute Gasteiger partial charge is 0.463 e. The molecular weight excluding hydrogens is 243 g/mol. The van der Waals surface area contributed by atoms with E-state index in [9.17, 15) is 14.0 Å². The Morgan fingerprint density at radius 3 is 2.33 bits per heavy atom. The van der Waals surface area contributed by atoms with Gasteiger partial charge in [-0.3, -0.25) is 9.59 Å². The van der Waals surface area contributed by atoms with Crippen LogP contribution in [0.3, 0.4) is 0 Å². The molecule has 1 rings (SSSR count). The Balaban J connectivity index is 2.70. The van der Waals surface area contributed by atoms with Gasteiger partial charge in [-0.25, -0.2) is 4.39 Å². The lowest BCUT2D eigenvalue weighted by molar-refractivity contribution is -0.202. The fourth-order valence-corrected chi connectivity index (χ4v) is 1.94. The van der Waals surface area contributed by atoms with Gasteiger partial charge in [0.05, 0.1) is 6.10 Å². The third kappa shape index (κ3) is 3.66. The van der Waals surface area contributed by atoms with Crippen LogP contribution in [0.15, 0.2) is 0 Å². The molecule has 0 aromatic carbocycles. The van der Waals surface area contributed by atoms with Crippen LogP contribution in [0, 0.1) is 5.92 Å². The topological polar surface area (TPSA) is 61.8 Å². The number of esters is 2. The van der Waals surface area contributed by atoms with Crippen LogP contribution in [0.4, 0.5) is 4.39 Å². The quantitative estimate of drug-likeness (QED) is 0.716. The normalized spacial score (nSPS) is 35.9. The van der Waals surface area contributed by atoms with Gasteiger partial charge in [0, 0.05) is 19.8 Å². The van der Waals surface area contributed by atoms with Crippen molar-refractivity contribution in [2.24, 2.45) is 5.92 Å². The van der Waals surface area contributed by atoms with Crippen LogP contribution in [0.5, 0.6) is 0 Å². The molecule has 0 spiro atoms. The van der Waals surface area contributed by atoms with Gasteiger partial charge < -0.3 is 14.2 Å². The van der Waals surface area contributed by atoms with E-state index in [2.05, 4.69) is 0 Å². The van der Waals surface area contributed by atoms with E-state index in [1.165, 1.54) is 13.8 Å². The second-order valence-corrected chi connectivity index (χ2v) is 4.56. The van der Waals surface area contributed by atoms with Crippen molar-refractivity contribution in [1.82, 2.24) is 0 Å². The molecule has 1 saturated heterocycles. The zero-order chi connectivity index (χ0) is 13.9. The highest BCUT2D eigenvalue weighted by Crippen LogP contribution is 2.30. The van der Waals surface area contributed by atoms with E-state index >= 15 is 0 Å². The number of hydrogen-bond donors (Lipinski definition) is 0. The van der Waals surface area contributed by atoms with Crippen molar-refractivity contribution in [3.8, 4) is 0 Å². The van der Waals surface area contributed by atoms with Crippen molar-refractivity contribution in [2.75, 3.05) is 6.61 Å². The first kappa shape index (κ1) is 14.9. The fourth-order valence-electron chi connectivity index (χ4n) is 1.94. The number of carbonyl (C=O) groups excluding carboxylic acids is 2. The molecular formula is C12H19FO5. The van der Waals surface area contributed by atoms with E-state index in [4.69, 9.17) is 14.2 Å². The molecule has 5 nitrogen and oxygen atoms in total. The van der Waals surface area contributed by atoms with E-state index in [0.717, 1.165) is 0 Å².